The van der Waals surface area contributed by atoms with Crippen molar-refractivity contribution in [2.45, 2.75) is 19.4 Å². The molecule has 0 amide bonds. The molecular formula is C14H16ClNS. The van der Waals surface area contributed by atoms with Gasteiger partial charge in [0, 0.05) is 26.4 Å². The number of halogens is 1. The molecule has 0 aliphatic carbocycles. The third-order valence-corrected chi connectivity index (χ3v) is 4.43. The Morgan fingerprint density at radius 2 is 2.00 bits per heavy atom. The summed E-state index contributed by atoms with van der Waals surface area (Å²) in [6, 6.07) is 12.8. The van der Waals surface area contributed by atoms with Gasteiger partial charge in [0.15, 0.2) is 0 Å². The van der Waals surface area contributed by atoms with E-state index in [-0.39, 0.29) is 0 Å². The largest absolute Gasteiger partial charge is 0.312 e. The van der Waals surface area contributed by atoms with Crippen LogP contribution in [0.5, 0.6) is 0 Å². The number of hydrogen-bond donors (Lipinski definition) is 1. The summed E-state index contributed by atoms with van der Waals surface area (Å²) in [4.78, 5) is 2.60. The number of hydrogen-bond acceptors (Lipinski definition) is 2. The van der Waals surface area contributed by atoms with Crippen LogP contribution < -0.4 is 5.32 Å². The highest BCUT2D eigenvalue weighted by Gasteiger charge is 2.11. The molecule has 0 aliphatic rings. The van der Waals surface area contributed by atoms with Crippen LogP contribution in [0.15, 0.2) is 36.4 Å². The highest BCUT2D eigenvalue weighted by Crippen LogP contribution is 2.35. The summed E-state index contributed by atoms with van der Waals surface area (Å²) in [6.07, 6.45) is 1.10. The van der Waals surface area contributed by atoms with E-state index in [2.05, 4.69) is 30.4 Å². The van der Waals surface area contributed by atoms with Crippen LogP contribution >= 0.6 is 22.9 Å². The topological polar surface area (TPSA) is 12.0 Å². The lowest BCUT2D eigenvalue weighted by Gasteiger charge is -2.10. The predicted octanol–water partition coefficient (Wildman–Crippen LogP) is 4.74. The fourth-order valence-electron chi connectivity index (χ4n) is 1.89. The van der Waals surface area contributed by atoms with Crippen molar-refractivity contribution >= 4 is 22.9 Å². The Balaban J connectivity index is 2.33. The van der Waals surface area contributed by atoms with Crippen molar-refractivity contribution in [3.8, 4) is 10.4 Å². The maximum atomic E-state index is 6.21. The van der Waals surface area contributed by atoms with Gasteiger partial charge in [0.2, 0.25) is 0 Å². The maximum Gasteiger partial charge on any atom is 0.0492 e. The lowest BCUT2D eigenvalue weighted by atomic mass is 10.1. The van der Waals surface area contributed by atoms with E-state index in [0.29, 0.717) is 6.04 Å². The minimum Gasteiger partial charge on any atom is -0.312 e. The first kappa shape index (κ1) is 12.6. The Kier molecular flexibility index (Phi) is 4.21. The van der Waals surface area contributed by atoms with Crippen LogP contribution in [0.2, 0.25) is 5.02 Å². The molecule has 1 unspecified atom stereocenters. The second-order valence-corrected chi connectivity index (χ2v) is 5.45. The Labute approximate surface area is 111 Å². The molecule has 0 saturated carbocycles. The number of benzene rings is 1. The summed E-state index contributed by atoms with van der Waals surface area (Å²) in [5.74, 6) is 0. The van der Waals surface area contributed by atoms with E-state index in [1.165, 1.54) is 9.75 Å². The van der Waals surface area contributed by atoms with Gasteiger partial charge in [-0.15, -0.1) is 11.3 Å². The molecule has 0 saturated heterocycles. The van der Waals surface area contributed by atoms with E-state index in [4.69, 9.17) is 11.6 Å². The minimum atomic E-state index is 0.441. The summed E-state index contributed by atoms with van der Waals surface area (Å²) in [5.41, 5.74) is 1.12. The highest BCUT2D eigenvalue weighted by molar-refractivity contribution is 7.15. The maximum absolute atomic E-state index is 6.21. The van der Waals surface area contributed by atoms with Crippen LogP contribution in [-0.4, -0.2) is 7.05 Å². The van der Waals surface area contributed by atoms with Gasteiger partial charge in [0.25, 0.3) is 0 Å². The smallest absolute Gasteiger partial charge is 0.0492 e. The molecule has 2 aromatic rings. The average molecular weight is 266 g/mol. The van der Waals surface area contributed by atoms with E-state index in [9.17, 15) is 0 Å². The van der Waals surface area contributed by atoms with Gasteiger partial charge in [0.05, 0.1) is 0 Å². The van der Waals surface area contributed by atoms with Crippen molar-refractivity contribution in [2.75, 3.05) is 7.05 Å². The lowest BCUT2D eigenvalue weighted by molar-refractivity contribution is 0.586. The van der Waals surface area contributed by atoms with Crippen LogP contribution in [-0.2, 0) is 0 Å². The van der Waals surface area contributed by atoms with Gasteiger partial charge in [-0.25, -0.2) is 0 Å². The summed E-state index contributed by atoms with van der Waals surface area (Å²) >= 11 is 8.02. The zero-order chi connectivity index (χ0) is 12.3. The summed E-state index contributed by atoms with van der Waals surface area (Å²) in [6.45, 7) is 2.19. The molecule has 1 nitrogen and oxygen atoms in total. The van der Waals surface area contributed by atoms with Gasteiger partial charge in [-0.2, -0.15) is 0 Å². The van der Waals surface area contributed by atoms with Crippen molar-refractivity contribution in [1.29, 1.82) is 0 Å². The minimum absolute atomic E-state index is 0.441. The van der Waals surface area contributed by atoms with E-state index in [0.717, 1.165) is 17.0 Å². The second kappa shape index (κ2) is 5.67. The first-order valence-corrected chi connectivity index (χ1v) is 6.97. The zero-order valence-electron chi connectivity index (χ0n) is 10.0. The molecule has 90 valence electrons. The number of thiophene rings is 1. The van der Waals surface area contributed by atoms with Gasteiger partial charge in [-0.3, -0.25) is 0 Å². The first-order valence-electron chi connectivity index (χ1n) is 5.78. The van der Waals surface area contributed by atoms with E-state index in [1.54, 1.807) is 0 Å². The molecule has 0 aliphatic heterocycles. The molecule has 17 heavy (non-hydrogen) atoms. The molecule has 1 atom stereocenters. The van der Waals surface area contributed by atoms with Crippen molar-refractivity contribution < 1.29 is 0 Å². The summed E-state index contributed by atoms with van der Waals surface area (Å²) in [5, 5.41) is 4.14. The molecule has 2 rings (SSSR count). The summed E-state index contributed by atoms with van der Waals surface area (Å²) < 4.78 is 0. The van der Waals surface area contributed by atoms with Crippen molar-refractivity contribution in [1.82, 2.24) is 5.32 Å². The van der Waals surface area contributed by atoms with Crippen LogP contribution in [0.25, 0.3) is 10.4 Å². The van der Waals surface area contributed by atoms with Gasteiger partial charge >= 0.3 is 0 Å². The van der Waals surface area contributed by atoms with Crippen LogP contribution in [0, 0.1) is 0 Å². The van der Waals surface area contributed by atoms with Crippen LogP contribution in [0.3, 0.4) is 0 Å². The zero-order valence-corrected chi connectivity index (χ0v) is 11.6. The molecule has 1 heterocycles. The SMILES string of the molecule is CCC(NC)c1ccc(-c2ccccc2Cl)s1. The number of nitrogens with one attached hydrogen (secondary N) is 1. The third-order valence-electron chi connectivity index (χ3n) is 2.87. The first-order chi connectivity index (χ1) is 8.26. The third kappa shape index (κ3) is 2.71. The van der Waals surface area contributed by atoms with Gasteiger partial charge in [0.1, 0.15) is 0 Å². The van der Waals surface area contributed by atoms with Crippen molar-refractivity contribution in [3.05, 3.63) is 46.3 Å². The van der Waals surface area contributed by atoms with Crippen molar-refractivity contribution in [2.24, 2.45) is 0 Å². The van der Waals surface area contributed by atoms with E-state index < -0.39 is 0 Å². The molecule has 0 fully saturated rings. The molecule has 3 heteroatoms. The average Bonchev–Trinajstić information content (AvgIpc) is 2.81. The van der Waals surface area contributed by atoms with E-state index in [1.807, 2.05) is 36.6 Å². The quantitative estimate of drug-likeness (QED) is 0.842. The lowest BCUT2D eigenvalue weighted by Crippen LogP contribution is -2.13. The molecule has 0 bridgehead atoms. The Morgan fingerprint density at radius 3 is 2.65 bits per heavy atom. The van der Waals surface area contributed by atoms with Crippen LogP contribution in [0.1, 0.15) is 24.3 Å². The number of rotatable bonds is 4. The molecule has 1 aromatic heterocycles. The van der Waals surface area contributed by atoms with E-state index >= 15 is 0 Å². The van der Waals surface area contributed by atoms with Gasteiger partial charge in [-0.1, -0.05) is 36.7 Å². The molecule has 1 N–H and O–H groups in total. The normalized spacial score (nSPS) is 12.6. The fourth-order valence-corrected chi connectivity index (χ4v) is 3.43. The Morgan fingerprint density at radius 1 is 1.24 bits per heavy atom. The summed E-state index contributed by atoms with van der Waals surface area (Å²) in [7, 11) is 2.00. The van der Waals surface area contributed by atoms with Crippen LogP contribution in [0.4, 0.5) is 0 Å². The van der Waals surface area contributed by atoms with Gasteiger partial charge < -0.3 is 5.32 Å². The highest BCUT2D eigenvalue weighted by atomic mass is 35.5. The van der Waals surface area contributed by atoms with Gasteiger partial charge in [-0.05, 0) is 31.7 Å². The monoisotopic (exact) mass is 265 g/mol. The molecule has 0 radical (unpaired) electrons. The molecular weight excluding hydrogens is 250 g/mol. The second-order valence-electron chi connectivity index (χ2n) is 3.93. The molecule has 1 aromatic carbocycles. The Hall–Kier alpha value is -0.830. The standard InChI is InChI=1S/C14H16ClNS/c1-3-12(16-2)14-9-8-13(17-14)10-6-4-5-7-11(10)15/h4-9,12,16H,3H2,1-2H3. The fraction of sp³-hybridized carbons (Fsp3) is 0.286. The Bertz CT molecular complexity index is 488. The van der Waals surface area contributed by atoms with Crippen molar-refractivity contribution in [3.63, 3.8) is 0 Å². The predicted molar refractivity (Wildman–Crippen MR) is 76.9 cm³/mol. The molecule has 0 spiro atoms.